The minimum atomic E-state index is -2.93. The lowest BCUT2D eigenvalue weighted by atomic mass is 10.0. The second-order valence-corrected chi connectivity index (χ2v) is 3.42. The zero-order valence-corrected chi connectivity index (χ0v) is 9.60. The summed E-state index contributed by atoms with van der Waals surface area (Å²) < 4.78 is 43.2. The van der Waals surface area contributed by atoms with Crippen molar-refractivity contribution in [3.63, 3.8) is 0 Å². The van der Waals surface area contributed by atoms with E-state index < -0.39 is 35.9 Å². The van der Waals surface area contributed by atoms with E-state index in [2.05, 4.69) is 9.72 Å². The van der Waals surface area contributed by atoms with Crippen LogP contribution in [0.4, 0.5) is 13.2 Å². The summed E-state index contributed by atoms with van der Waals surface area (Å²) in [4.78, 5) is 14.3. The highest BCUT2D eigenvalue weighted by atomic mass is 35.5. The Hall–Kier alpha value is -1.30. The molecule has 0 saturated heterocycles. The molecule has 1 aromatic rings. The van der Waals surface area contributed by atoms with Crippen molar-refractivity contribution < 1.29 is 22.7 Å². The van der Waals surface area contributed by atoms with Crippen LogP contribution in [0.5, 0.6) is 0 Å². The molecule has 0 fully saturated rings. The van der Waals surface area contributed by atoms with Gasteiger partial charge < -0.3 is 4.74 Å². The van der Waals surface area contributed by atoms with Crippen LogP contribution in [0.2, 0.25) is 0 Å². The Bertz CT molecular complexity index is 426. The summed E-state index contributed by atoms with van der Waals surface area (Å²) in [5.41, 5.74) is -1.05. The summed E-state index contributed by atoms with van der Waals surface area (Å²) in [5, 5.41) is 0. The minimum Gasteiger partial charge on any atom is -0.469 e. The zero-order chi connectivity index (χ0) is 13.0. The molecule has 94 valence electrons. The lowest BCUT2D eigenvalue weighted by Crippen LogP contribution is -2.12. The molecule has 0 aliphatic carbocycles. The number of esters is 1. The van der Waals surface area contributed by atoms with Gasteiger partial charge in [-0.15, -0.1) is 11.6 Å². The molecule has 0 spiro atoms. The summed E-state index contributed by atoms with van der Waals surface area (Å²) in [5.74, 6) is -2.17. The third-order valence-corrected chi connectivity index (χ3v) is 2.45. The molecule has 1 rings (SSSR count). The normalized spacial score (nSPS) is 10.7. The van der Waals surface area contributed by atoms with E-state index in [-0.39, 0.29) is 11.4 Å². The fraction of sp³-hybridized carbons (Fsp3) is 0.400. The van der Waals surface area contributed by atoms with Crippen LogP contribution >= 0.6 is 11.6 Å². The number of nitrogens with zero attached hydrogens (tertiary/aromatic N) is 1. The SMILES string of the molecule is COC(=O)Cc1c(F)ncc(CCl)c1C(F)F. The largest absolute Gasteiger partial charge is 0.469 e. The van der Waals surface area contributed by atoms with Crippen LogP contribution in [-0.4, -0.2) is 18.1 Å². The summed E-state index contributed by atoms with van der Waals surface area (Å²) in [6.45, 7) is 0. The molecule has 0 saturated carbocycles. The van der Waals surface area contributed by atoms with Gasteiger partial charge in [-0.3, -0.25) is 4.79 Å². The van der Waals surface area contributed by atoms with E-state index in [4.69, 9.17) is 11.6 Å². The number of methoxy groups -OCH3 is 1. The maximum absolute atomic E-state index is 13.3. The van der Waals surface area contributed by atoms with Crippen molar-refractivity contribution in [3.05, 3.63) is 28.8 Å². The van der Waals surface area contributed by atoms with Crippen molar-refractivity contribution in [1.29, 1.82) is 0 Å². The number of aromatic nitrogens is 1. The Kier molecular flexibility index (Phi) is 4.74. The minimum absolute atomic E-state index is 0.00182. The first kappa shape index (κ1) is 13.8. The smallest absolute Gasteiger partial charge is 0.310 e. The highest BCUT2D eigenvalue weighted by Crippen LogP contribution is 2.29. The molecule has 0 unspecified atom stereocenters. The van der Waals surface area contributed by atoms with Gasteiger partial charge in [-0.05, 0) is 5.56 Å². The van der Waals surface area contributed by atoms with E-state index in [0.29, 0.717) is 0 Å². The maximum atomic E-state index is 13.3. The third-order valence-electron chi connectivity index (χ3n) is 2.16. The molecule has 0 amide bonds. The van der Waals surface area contributed by atoms with Gasteiger partial charge in [-0.1, -0.05) is 0 Å². The topological polar surface area (TPSA) is 39.2 Å². The molecule has 17 heavy (non-hydrogen) atoms. The maximum Gasteiger partial charge on any atom is 0.310 e. The van der Waals surface area contributed by atoms with Crippen molar-refractivity contribution in [2.24, 2.45) is 0 Å². The Morgan fingerprint density at radius 2 is 2.24 bits per heavy atom. The van der Waals surface area contributed by atoms with Gasteiger partial charge in [-0.25, -0.2) is 13.8 Å². The van der Waals surface area contributed by atoms with Crippen LogP contribution in [0.1, 0.15) is 23.1 Å². The monoisotopic (exact) mass is 267 g/mol. The van der Waals surface area contributed by atoms with Crippen molar-refractivity contribution in [3.8, 4) is 0 Å². The predicted molar refractivity (Wildman–Crippen MR) is 54.4 cm³/mol. The number of alkyl halides is 3. The lowest BCUT2D eigenvalue weighted by Gasteiger charge is -2.12. The Morgan fingerprint density at radius 3 is 2.71 bits per heavy atom. The van der Waals surface area contributed by atoms with Gasteiger partial charge in [0, 0.05) is 23.2 Å². The van der Waals surface area contributed by atoms with Crippen molar-refractivity contribution >= 4 is 17.6 Å². The van der Waals surface area contributed by atoms with Crippen LogP contribution in [0.25, 0.3) is 0 Å². The van der Waals surface area contributed by atoms with Crippen molar-refractivity contribution in [2.75, 3.05) is 7.11 Å². The van der Waals surface area contributed by atoms with Gasteiger partial charge in [0.15, 0.2) is 0 Å². The number of ether oxygens (including phenoxy) is 1. The molecule has 1 heterocycles. The molecule has 0 aliphatic rings. The second kappa shape index (κ2) is 5.86. The molecule has 0 aliphatic heterocycles. The molecule has 0 bridgehead atoms. The highest BCUT2D eigenvalue weighted by molar-refractivity contribution is 6.17. The van der Waals surface area contributed by atoms with E-state index in [0.717, 1.165) is 13.3 Å². The number of halogens is 4. The molecule has 7 heteroatoms. The molecule has 0 N–H and O–H groups in total. The molecular formula is C10H9ClF3NO2. The number of hydrogen-bond acceptors (Lipinski definition) is 3. The average molecular weight is 268 g/mol. The Labute approximate surface area is 101 Å². The summed E-state index contributed by atoms with van der Waals surface area (Å²) in [6, 6.07) is 0. The molecule has 0 radical (unpaired) electrons. The molecule has 1 aromatic heterocycles. The quantitative estimate of drug-likeness (QED) is 0.478. The summed E-state index contributed by atoms with van der Waals surface area (Å²) in [7, 11) is 1.08. The van der Waals surface area contributed by atoms with Gasteiger partial charge in [-0.2, -0.15) is 4.39 Å². The highest BCUT2D eigenvalue weighted by Gasteiger charge is 2.23. The molecule has 0 atom stereocenters. The van der Waals surface area contributed by atoms with Gasteiger partial charge in [0.1, 0.15) is 0 Å². The lowest BCUT2D eigenvalue weighted by molar-refractivity contribution is -0.139. The first-order valence-corrected chi connectivity index (χ1v) is 5.11. The van der Waals surface area contributed by atoms with Crippen LogP contribution in [0.3, 0.4) is 0 Å². The third kappa shape index (κ3) is 3.09. The average Bonchev–Trinajstić information content (AvgIpc) is 2.30. The van der Waals surface area contributed by atoms with E-state index in [9.17, 15) is 18.0 Å². The number of carbonyl (C=O) groups is 1. The number of carbonyl (C=O) groups excluding carboxylic acids is 1. The van der Waals surface area contributed by atoms with E-state index in [1.165, 1.54) is 0 Å². The summed E-state index contributed by atoms with van der Waals surface area (Å²) >= 11 is 5.46. The first-order valence-electron chi connectivity index (χ1n) is 4.58. The standard InChI is InChI=1S/C10H9ClF3NO2/c1-17-7(16)2-6-8(9(12)13)5(3-11)4-15-10(6)14/h4,9H,2-3H2,1H3. The Morgan fingerprint density at radius 1 is 1.59 bits per heavy atom. The summed E-state index contributed by atoms with van der Waals surface area (Å²) in [6.07, 6.45) is -2.59. The van der Waals surface area contributed by atoms with Crippen LogP contribution in [-0.2, 0) is 21.8 Å². The van der Waals surface area contributed by atoms with Crippen LogP contribution in [0, 0.1) is 5.95 Å². The molecular weight excluding hydrogens is 259 g/mol. The van der Waals surface area contributed by atoms with Gasteiger partial charge in [0.05, 0.1) is 13.5 Å². The second-order valence-electron chi connectivity index (χ2n) is 3.15. The van der Waals surface area contributed by atoms with Gasteiger partial charge >= 0.3 is 5.97 Å². The number of hydrogen-bond donors (Lipinski definition) is 0. The van der Waals surface area contributed by atoms with Gasteiger partial charge in [0.25, 0.3) is 6.43 Å². The van der Waals surface area contributed by atoms with Crippen LogP contribution in [0.15, 0.2) is 6.20 Å². The number of rotatable bonds is 4. The van der Waals surface area contributed by atoms with E-state index >= 15 is 0 Å². The van der Waals surface area contributed by atoms with Gasteiger partial charge in [0.2, 0.25) is 5.95 Å². The Balaban J connectivity index is 3.28. The van der Waals surface area contributed by atoms with E-state index in [1.54, 1.807) is 0 Å². The molecule has 3 nitrogen and oxygen atoms in total. The fourth-order valence-electron chi connectivity index (χ4n) is 1.35. The number of pyridine rings is 1. The van der Waals surface area contributed by atoms with E-state index in [1.807, 2.05) is 0 Å². The molecule has 0 aromatic carbocycles. The van der Waals surface area contributed by atoms with Crippen molar-refractivity contribution in [1.82, 2.24) is 4.98 Å². The van der Waals surface area contributed by atoms with Crippen molar-refractivity contribution in [2.45, 2.75) is 18.7 Å². The van der Waals surface area contributed by atoms with Crippen LogP contribution < -0.4 is 0 Å². The predicted octanol–water partition coefficient (Wildman–Crippen LogP) is 2.61. The fourth-order valence-corrected chi connectivity index (χ4v) is 1.56. The first-order chi connectivity index (χ1) is 8.01. The zero-order valence-electron chi connectivity index (χ0n) is 8.84.